The van der Waals surface area contributed by atoms with E-state index in [0.717, 1.165) is 0 Å². The van der Waals surface area contributed by atoms with E-state index < -0.39 is 38.8 Å². The Morgan fingerprint density at radius 1 is 1.15 bits per heavy atom. The largest absolute Gasteiger partial charge is 0.463 e. The molecule has 0 amide bonds. The topological polar surface area (TPSA) is 71.1 Å². The molecule has 0 aromatic rings. The molecule has 0 fully saturated rings. The van der Waals surface area contributed by atoms with Crippen molar-refractivity contribution in [2.45, 2.75) is 52.0 Å². The van der Waals surface area contributed by atoms with Crippen LogP contribution in [0.5, 0.6) is 0 Å². The van der Waals surface area contributed by atoms with E-state index in [4.69, 9.17) is 18.6 Å². The van der Waals surface area contributed by atoms with Gasteiger partial charge < -0.3 is 18.6 Å². The molecule has 0 saturated carbocycles. The lowest BCUT2D eigenvalue weighted by Gasteiger charge is -2.34. The molecule has 0 bridgehead atoms. The van der Waals surface area contributed by atoms with Crippen LogP contribution in [0.3, 0.4) is 0 Å². The van der Waals surface area contributed by atoms with Crippen molar-refractivity contribution in [2.75, 3.05) is 6.61 Å². The third-order valence-corrected chi connectivity index (χ3v) is 3.30. The molecule has 7 heteroatoms. The molecule has 1 heterocycles. The normalized spacial score (nSPS) is 26.1. The zero-order valence-corrected chi connectivity index (χ0v) is 13.5. The van der Waals surface area contributed by atoms with Crippen molar-refractivity contribution in [3.63, 3.8) is 0 Å². The molecule has 6 nitrogen and oxygen atoms in total. The molecule has 1 aliphatic rings. The van der Waals surface area contributed by atoms with E-state index in [1.165, 1.54) is 13.8 Å². The van der Waals surface area contributed by atoms with Crippen molar-refractivity contribution in [1.29, 1.82) is 0 Å². The van der Waals surface area contributed by atoms with Gasteiger partial charge in [0, 0.05) is 13.8 Å². The van der Waals surface area contributed by atoms with E-state index in [-0.39, 0.29) is 6.61 Å². The van der Waals surface area contributed by atoms with Crippen LogP contribution in [0.1, 0.15) is 13.8 Å². The minimum Gasteiger partial charge on any atom is -0.463 e. The third-order valence-electron chi connectivity index (χ3n) is 2.36. The van der Waals surface area contributed by atoms with E-state index in [9.17, 15) is 9.59 Å². The van der Waals surface area contributed by atoms with E-state index in [1.54, 1.807) is 12.2 Å². The van der Waals surface area contributed by atoms with Crippen LogP contribution in [0.2, 0.25) is 19.6 Å². The molecule has 1 aliphatic heterocycles. The van der Waals surface area contributed by atoms with Crippen LogP contribution < -0.4 is 0 Å². The first kappa shape index (κ1) is 16.9. The second kappa shape index (κ2) is 7.01. The Bertz CT molecular complexity index is 387. The molecule has 1 rings (SSSR count). The van der Waals surface area contributed by atoms with Crippen molar-refractivity contribution >= 4 is 20.3 Å². The maximum atomic E-state index is 11.1. The highest BCUT2D eigenvalue weighted by molar-refractivity contribution is 6.69. The van der Waals surface area contributed by atoms with Gasteiger partial charge in [-0.15, -0.1) is 0 Å². The van der Waals surface area contributed by atoms with Gasteiger partial charge in [0.2, 0.25) is 0 Å². The van der Waals surface area contributed by atoms with Gasteiger partial charge in [0.25, 0.3) is 0 Å². The highest BCUT2D eigenvalue weighted by Gasteiger charge is 2.32. The Morgan fingerprint density at radius 3 is 2.30 bits per heavy atom. The first-order valence-corrected chi connectivity index (χ1v) is 9.90. The Morgan fingerprint density at radius 2 is 1.80 bits per heavy atom. The zero-order chi connectivity index (χ0) is 15.3. The van der Waals surface area contributed by atoms with Gasteiger partial charge in [0.1, 0.15) is 18.8 Å². The van der Waals surface area contributed by atoms with Crippen molar-refractivity contribution in [2.24, 2.45) is 0 Å². The van der Waals surface area contributed by atoms with Gasteiger partial charge in [-0.1, -0.05) is 0 Å². The second-order valence-electron chi connectivity index (χ2n) is 5.53. The van der Waals surface area contributed by atoms with Gasteiger partial charge in [0.15, 0.2) is 14.6 Å². The molecule has 1 unspecified atom stereocenters. The molecule has 0 aliphatic carbocycles. The fraction of sp³-hybridized carbons (Fsp3) is 0.692. The Kier molecular flexibility index (Phi) is 5.91. The van der Waals surface area contributed by atoms with Gasteiger partial charge >= 0.3 is 11.9 Å². The van der Waals surface area contributed by atoms with Crippen LogP contribution >= 0.6 is 0 Å². The highest BCUT2D eigenvalue weighted by Crippen LogP contribution is 2.20. The van der Waals surface area contributed by atoms with E-state index in [0.29, 0.717) is 0 Å². The molecule has 0 spiro atoms. The summed E-state index contributed by atoms with van der Waals surface area (Å²) >= 11 is 0. The summed E-state index contributed by atoms with van der Waals surface area (Å²) < 4.78 is 21.6. The van der Waals surface area contributed by atoms with E-state index >= 15 is 0 Å². The Labute approximate surface area is 120 Å². The van der Waals surface area contributed by atoms with Crippen molar-refractivity contribution in [1.82, 2.24) is 0 Å². The van der Waals surface area contributed by atoms with Crippen molar-refractivity contribution in [3.8, 4) is 0 Å². The average Bonchev–Trinajstić information content (AvgIpc) is 2.26. The van der Waals surface area contributed by atoms with Crippen LogP contribution in [0.25, 0.3) is 0 Å². The summed E-state index contributed by atoms with van der Waals surface area (Å²) in [5.74, 6) is -0.826. The quantitative estimate of drug-likeness (QED) is 0.436. The van der Waals surface area contributed by atoms with Crippen molar-refractivity contribution < 1.29 is 28.2 Å². The van der Waals surface area contributed by atoms with Gasteiger partial charge in [0.05, 0.1) is 0 Å². The summed E-state index contributed by atoms with van der Waals surface area (Å²) in [6.45, 7) is 8.79. The van der Waals surface area contributed by atoms with Crippen molar-refractivity contribution in [3.05, 3.63) is 12.2 Å². The number of rotatable bonds is 5. The molecule has 114 valence electrons. The molecule has 3 atom stereocenters. The number of ether oxygens (including phenoxy) is 3. The standard InChI is InChI=1S/C13H22O6Si/c1-9(14)16-8-12-11(17-10(2)15)6-7-13(18-12)19-20(3,4)5/h6-7,11-13H,8H2,1-5H3/t11-,12+,13?/m0/s1. The highest BCUT2D eigenvalue weighted by atomic mass is 28.4. The Hall–Kier alpha value is -1.18. The molecule has 0 aromatic heterocycles. The molecule has 0 N–H and O–H groups in total. The number of hydrogen-bond acceptors (Lipinski definition) is 6. The molecular formula is C13H22O6Si. The predicted molar refractivity (Wildman–Crippen MR) is 74.4 cm³/mol. The molecule has 0 saturated heterocycles. The minimum absolute atomic E-state index is 0.0170. The summed E-state index contributed by atoms with van der Waals surface area (Å²) in [5.41, 5.74) is 0. The lowest BCUT2D eigenvalue weighted by Crippen LogP contribution is -2.44. The van der Waals surface area contributed by atoms with Crippen LogP contribution in [0, 0.1) is 0 Å². The number of hydrogen-bond donors (Lipinski definition) is 0. The van der Waals surface area contributed by atoms with Crippen LogP contribution in [0.4, 0.5) is 0 Å². The summed E-state index contributed by atoms with van der Waals surface area (Å²) in [6, 6.07) is 0. The van der Waals surface area contributed by atoms with E-state index in [1.807, 2.05) is 19.6 Å². The Balaban J connectivity index is 2.71. The lowest BCUT2D eigenvalue weighted by atomic mass is 10.1. The number of carbonyl (C=O) groups is 2. The molecule has 0 aromatic carbocycles. The summed E-state index contributed by atoms with van der Waals surface area (Å²) in [6.07, 6.45) is 1.79. The van der Waals surface area contributed by atoms with E-state index in [2.05, 4.69) is 0 Å². The maximum absolute atomic E-state index is 11.1. The molecule has 20 heavy (non-hydrogen) atoms. The monoisotopic (exact) mass is 302 g/mol. The fourth-order valence-corrected chi connectivity index (χ4v) is 2.51. The van der Waals surface area contributed by atoms with Crippen LogP contribution in [-0.2, 0) is 28.2 Å². The van der Waals surface area contributed by atoms with Gasteiger partial charge in [-0.2, -0.15) is 0 Å². The van der Waals surface area contributed by atoms with Gasteiger partial charge in [-0.25, -0.2) is 0 Å². The SMILES string of the molecule is CC(=O)OC[C@H]1OC(O[Si](C)(C)C)C=C[C@@H]1OC(C)=O. The summed E-state index contributed by atoms with van der Waals surface area (Å²) in [7, 11) is -1.76. The summed E-state index contributed by atoms with van der Waals surface area (Å²) in [5, 5.41) is 0. The number of carbonyl (C=O) groups excluding carboxylic acids is 2. The molecular weight excluding hydrogens is 280 g/mol. The first-order valence-electron chi connectivity index (χ1n) is 6.49. The molecule has 0 radical (unpaired) electrons. The average molecular weight is 302 g/mol. The number of esters is 2. The summed E-state index contributed by atoms with van der Waals surface area (Å²) in [4.78, 5) is 22.0. The fourth-order valence-electron chi connectivity index (χ4n) is 1.68. The zero-order valence-electron chi connectivity index (χ0n) is 12.5. The lowest BCUT2D eigenvalue weighted by molar-refractivity contribution is -0.180. The van der Waals surface area contributed by atoms with Crippen LogP contribution in [0.15, 0.2) is 12.2 Å². The van der Waals surface area contributed by atoms with Gasteiger partial charge in [-0.05, 0) is 31.8 Å². The third kappa shape index (κ3) is 6.31. The van der Waals surface area contributed by atoms with Crippen LogP contribution in [-0.4, -0.2) is 45.4 Å². The second-order valence-corrected chi connectivity index (χ2v) is 10.00. The first-order chi connectivity index (χ1) is 9.17. The minimum atomic E-state index is -1.76. The smallest absolute Gasteiger partial charge is 0.303 e. The predicted octanol–water partition coefficient (Wildman–Crippen LogP) is 1.61. The van der Waals surface area contributed by atoms with Gasteiger partial charge in [-0.3, -0.25) is 9.59 Å². The maximum Gasteiger partial charge on any atom is 0.303 e.